The van der Waals surface area contributed by atoms with Gasteiger partial charge in [0.15, 0.2) is 11.5 Å². The van der Waals surface area contributed by atoms with E-state index in [1.165, 1.54) is 7.11 Å². The van der Waals surface area contributed by atoms with Crippen molar-refractivity contribution in [2.75, 3.05) is 13.7 Å². The largest absolute Gasteiger partial charge is 0.503 e. The fourth-order valence-corrected chi connectivity index (χ4v) is 1.29. The van der Waals surface area contributed by atoms with Crippen LogP contribution in [0.1, 0.15) is 24.0 Å². The summed E-state index contributed by atoms with van der Waals surface area (Å²) in [4.78, 5) is 0. The van der Waals surface area contributed by atoms with Crippen LogP contribution in [-0.4, -0.2) is 18.8 Å². The molecule has 0 aliphatic heterocycles. The second-order valence-corrected chi connectivity index (χ2v) is 3.37. The minimum atomic E-state index is -0.118. The molecular formula is C11H14N2O2. The van der Waals surface area contributed by atoms with Crippen molar-refractivity contribution in [3.63, 3.8) is 0 Å². The molecule has 1 unspecified atom stereocenters. The van der Waals surface area contributed by atoms with Crippen LogP contribution >= 0.6 is 0 Å². The number of rotatable bonds is 3. The Morgan fingerprint density at radius 2 is 2.27 bits per heavy atom. The molecule has 4 nitrogen and oxygen atoms in total. The Balaban J connectivity index is 3.28. The first-order valence-electron chi connectivity index (χ1n) is 4.65. The van der Waals surface area contributed by atoms with Crippen molar-refractivity contribution in [2.24, 2.45) is 5.73 Å². The summed E-state index contributed by atoms with van der Waals surface area (Å²) < 4.78 is 4.98. The maximum absolute atomic E-state index is 9.59. The van der Waals surface area contributed by atoms with Crippen LogP contribution < -0.4 is 10.5 Å². The van der Waals surface area contributed by atoms with E-state index in [4.69, 9.17) is 15.7 Å². The highest BCUT2D eigenvalue weighted by molar-refractivity contribution is 5.54. The molecule has 80 valence electrons. The molecule has 0 aliphatic carbocycles. The molecule has 0 spiro atoms. The number of nitrogens with two attached hydrogens (primary N) is 1. The molecule has 0 bridgehead atoms. The number of aromatic hydroxyl groups is 1. The van der Waals surface area contributed by atoms with E-state index < -0.39 is 0 Å². The highest BCUT2D eigenvalue weighted by Crippen LogP contribution is 2.33. The number of nitrogens with zero attached hydrogens (tertiary/aromatic N) is 1. The Kier molecular flexibility index (Phi) is 3.53. The third-order valence-corrected chi connectivity index (χ3v) is 2.36. The lowest BCUT2D eigenvalue weighted by Crippen LogP contribution is -2.09. The summed E-state index contributed by atoms with van der Waals surface area (Å²) in [7, 11) is 1.45. The van der Waals surface area contributed by atoms with Gasteiger partial charge in [-0.1, -0.05) is 6.92 Å². The zero-order valence-corrected chi connectivity index (χ0v) is 8.82. The fraction of sp³-hybridized carbons (Fsp3) is 0.364. The zero-order chi connectivity index (χ0) is 11.4. The SMILES string of the molecule is COc1cc(C(C)CN)cc(C#N)c1O. The molecule has 0 heterocycles. The van der Waals surface area contributed by atoms with E-state index >= 15 is 0 Å². The molecule has 1 aromatic rings. The summed E-state index contributed by atoms with van der Waals surface area (Å²) in [6.45, 7) is 2.44. The van der Waals surface area contributed by atoms with Gasteiger partial charge in [0.1, 0.15) is 6.07 Å². The quantitative estimate of drug-likeness (QED) is 0.782. The molecule has 15 heavy (non-hydrogen) atoms. The molecule has 0 aromatic heterocycles. The van der Waals surface area contributed by atoms with E-state index in [0.717, 1.165) is 5.56 Å². The molecule has 0 amide bonds. The summed E-state index contributed by atoms with van der Waals surface area (Å²) in [6, 6.07) is 5.25. The van der Waals surface area contributed by atoms with Crippen molar-refractivity contribution < 1.29 is 9.84 Å². The van der Waals surface area contributed by atoms with Crippen molar-refractivity contribution in [3.8, 4) is 17.6 Å². The number of hydrogen-bond acceptors (Lipinski definition) is 4. The molecule has 3 N–H and O–H groups in total. The van der Waals surface area contributed by atoms with E-state index in [-0.39, 0.29) is 17.2 Å². The van der Waals surface area contributed by atoms with Crippen molar-refractivity contribution in [1.82, 2.24) is 0 Å². The lowest BCUT2D eigenvalue weighted by atomic mass is 9.98. The lowest BCUT2D eigenvalue weighted by Gasteiger charge is -2.12. The van der Waals surface area contributed by atoms with Gasteiger partial charge in [0.2, 0.25) is 0 Å². The first kappa shape index (κ1) is 11.3. The first-order valence-corrected chi connectivity index (χ1v) is 4.65. The topological polar surface area (TPSA) is 79.3 Å². The third-order valence-electron chi connectivity index (χ3n) is 2.36. The predicted octanol–water partition coefficient (Wildman–Crippen LogP) is 1.33. The minimum absolute atomic E-state index is 0.118. The number of hydrogen-bond donors (Lipinski definition) is 2. The highest BCUT2D eigenvalue weighted by atomic mass is 16.5. The standard InChI is InChI=1S/C11H14N2O2/c1-7(5-12)8-3-9(6-13)11(14)10(4-8)15-2/h3-4,7,14H,5,12H2,1-2H3. The molecule has 0 saturated heterocycles. The molecule has 0 aliphatic rings. The summed E-state index contributed by atoms with van der Waals surface area (Å²) in [5.74, 6) is 0.323. The van der Waals surface area contributed by atoms with E-state index in [1.807, 2.05) is 13.0 Å². The van der Waals surface area contributed by atoms with Crippen LogP contribution in [-0.2, 0) is 0 Å². The maximum Gasteiger partial charge on any atom is 0.175 e. The van der Waals surface area contributed by atoms with Gasteiger partial charge < -0.3 is 15.6 Å². The average Bonchev–Trinajstić information content (AvgIpc) is 2.28. The molecule has 4 heteroatoms. The average molecular weight is 206 g/mol. The summed E-state index contributed by atoms with van der Waals surface area (Å²) in [6.07, 6.45) is 0. The second kappa shape index (κ2) is 4.67. The van der Waals surface area contributed by atoms with Gasteiger partial charge in [-0.2, -0.15) is 5.26 Å². The smallest absolute Gasteiger partial charge is 0.175 e. The fourth-order valence-electron chi connectivity index (χ4n) is 1.29. The van der Waals surface area contributed by atoms with Gasteiger partial charge in [0, 0.05) is 0 Å². The molecule has 1 aromatic carbocycles. The maximum atomic E-state index is 9.59. The number of nitriles is 1. The Labute approximate surface area is 88.9 Å². The zero-order valence-electron chi connectivity index (χ0n) is 8.82. The van der Waals surface area contributed by atoms with Gasteiger partial charge >= 0.3 is 0 Å². The van der Waals surface area contributed by atoms with Gasteiger partial charge in [-0.15, -0.1) is 0 Å². The molecule has 0 saturated carbocycles. The van der Waals surface area contributed by atoms with Crippen molar-refractivity contribution in [2.45, 2.75) is 12.8 Å². The lowest BCUT2D eigenvalue weighted by molar-refractivity contribution is 0.372. The second-order valence-electron chi connectivity index (χ2n) is 3.37. The van der Waals surface area contributed by atoms with Crippen LogP contribution in [0, 0.1) is 11.3 Å². The first-order chi connectivity index (χ1) is 7.13. The minimum Gasteiger partial charge on any atom is -0.503 e. The van der Waals surface area contributed by atoms with Crippen LogP contribution in [0.4, 0.5) is 0 Å². The van der Waals surface area contributed by atoms with Crippen molar-refractivity contribution in [3.05, 3.63) is 23.3 Å². The van der Waals surface area contributed by atoms with Crippen LogP contribution in [0.5, 0.6) is 11.5 Å². The van der Waals surface area contributed by atoms with Gasteiger partial charge in [0.25, 0.3) is 0 Å². The van der Waals surface area contributed by atoms with E-state index in [1.54, 1.807) is 12.1 Å². The molecule has 1 atom stereocenters. The van der Waals surface area contributed by atoms with E-state index in [0.29, 0.717) is 12.3 Å². The summed E-state index contributed by atoms with van der Waals surface area (Å²) >= 11 is 0. The molecule has 0 fully saturated rings. The molecular weight excluding hydrogens is 192 g/mol. The summed E-state index contributed by atoms with van der Waals surface area (Å²) in [5.41, 5.74) is 6.64. The Morgan fingerprint density at radius 3 is 2.73 bits per heavy atom. The Bertz CT molecular complexity index is 396. The summed E-state index contributed by atoms with van der Waals surface area (Å²) in [5, 5.41) is 18.4. The highest BCUT2D eigenvalue weighted by Gasteiger charge is 2.13. The Hall–Kier alpha value is -1.73. The van der Waals surface area contributed by atoms with Gasteiger partial charge in [0.05, 0.1) is 12.7 Å². The molecule has 0 radical (unpaired) electrons. The monoisotopic (exact) mass is 206 g/mol. The van der Waals surface area contributed by atoms with Gasteiger partial charge in [-0.05, 0) is 30.2 Å². The van der Waals surface area contributed by atoms with Gasteiger partial charge in [-0.3, -0.25) is 0 Å². The van der Waals surface area contributed by atoms with E-state index in [2.05, 4.69) is 0 Å². The van der Waals surface area contributed by atoms with Crippen LogP contribution in [0.15, 0.2) is 12.1 Å². The van der Waals surface area contributed by atoms with E-state index in [9.17, 15) is 5.11 Å². The van der Waals surface area contributed by atoms with Crippen LogP contribution in [0.3, 0.4) is 0 Å². The number of phenolic OH excluding ortho intramolecular Hbond substituents is 1. The van der Waals surface area contributed by atoms with Crippen molar-refractivity contribution >= 4 is 0 Å². The van der Waals surface area contributed by atoms with Crippen molar-refractivity contribution in [1.29, 1.82) is 5.26 Å². The number of ether oxygens (including phenoxy) is 1. The number of methoxy groups -OCH3 is 1. The van der Waals surface area contributed by atoms with Crippen LogP contribution in [0.2, 0.25) is 0 Å². The predicted molar refractivity (Wildman–Crippen MR) is 56.8 cm³/mol. The number of benzene rings is 1. The molecule has 1 rings (SSSR count). The Morgan fingerprint density at radius 1 is 1.60 bits per heavy atom. The van der Waals surface area contributed by atoms with Gasteiger partial charge in [-0.25, -0.2) is 0 Å². The normalized spacial score (nSPS) is 11.9. The third kappa shape index (κ3) is 2.20. The van der Waals surface area contributed by atoms with Crippen LogP contribution in [0.25, 0.3) is 0 Å². The number of phenols is 1.